The van der Waals surface area contributed by atoms with E-state index in [-0.39, 0.29) is 6.04 Å². The number of para-hydroxylation sites is 1. The number of halogens is 2. The SMILES string of the molecule is CC(c1ccc(Cl)cc1Cl)N1CCNCc2ccccc21. The molecule has 0 spiro atoms. The van der Waals surface area contributed by atoms with Crippen LogP contribution in [0.2, 0.25) is 10.0 Å². The van der Waals surface area contributed by atoms with Gasteiger partial charge >= 0.3 is 0 Å². The van der Waals surface area contributed by atoms with Crippen molar-refractivity contribution in [2.24, 2.45) is 0 Å². The van der Waals surface area contributed by atoms with E-state index in [9.17, 15) is 0 Å². The number of anilines is 1. The first-order valence-electron chi connectivity index (χ1n) is 7.17. The molecule has 2 aromatic rings. The van der Waals surface area contributed by atoms with Crippen LogP contribution in [0.25, 0.3) is 0 Å². The summed E-state index contributed by atoms with van der Waals surface area (Å²) < 4.78 is 0. The molecule has 1 unspecified atom stereocenters. The Hall–Kier alpha value is -1.22. The van der Waals surface area contributed by atoms with Gasteiger partial charge in [-0.25, -0.2) is 0 Å². The van der Waals surface area contributed by atoms with Gasteiger partial charge in [0.15, 0.2) is 0 Å². The van der Waals surface area contributed by atoms with Gasteiger partial charge in [-0.1, -0.05) is 47.5 Å². The second-order valence-electron chi connectivity index (χ2n) is 5.34. The summed E-state index contributed by atoms with van der Waals surface area (Å²) in [5.74, 6) is 0. The Balaban J connectivity index is 1.99. The zero-order chi connectivity index (χ0) is 14.8. The van der Waals surface area contributed by atoms with E-state index in [1.165, 1.54) is 11.3 Å². The molecule has 0 aromatic heterocycles. The van der Waals surface area contributed by atoms with E-state index in [1.807, 2.05) is 18.2 Å². The van der Waals surface area contributed by atoms with Gasteiger partial charge in [-0.3, -0.25) is 0 Å². The van der Waals surface area contributed by atoms with Crippen LogP contribution in [0.4, 0.5) is 5.69 Å². The minimum atomic E-state index is 0.204. The molecule has 21 heavy (non-hydrogen) atoms. The molecule has 3 rings (SSSR count). The Morgan fingerprint density at radius 2 is 1.95 bits per heavy atom. The molecule has 1 N–H and O–H groups in total. The van der Waals surface area contributed by atoms with Crippen LogP contribution in [-0.2, 0) is 6.54 Å². The van der Waals surface area contributed by atoms with Gasteiger partial charge in [-0.15, -0.1) is 0 Å². The topological polar surface area (TPSA) is 15.3 Å². The second-order valence-corrected chi connectivity index (χ2v) is 6.18. The number of hydrogen-bond acceptors (Lipinski definition) is 2. The van der Waals surface area contributed by atoms with E-state index >= 15 is 0 Å². The number of hydrogen-bond donors (Lipinski definition) is 1. The van der Waals surface area contributed by atoms with Crippen LogP contribution in [0.1, 0.15) is 24.1 Å². The molecule has 1 aliphatic heterocycles. The Morgan fingerprint density at radius 1 is 1.14 bits per heavy atom. The summed E-state index contributed by atoms with van der Waals surface area (Å²) in [6, 6.07) is 14.5. The third-order valence-corrected chi connectivity index (χ3v) is 4.59. The zero-order valence-electron chi connectivity index (χ0n) is 11.9. The summed E-state index contributed by atoms with van der Waals surface area (Å²) in [6.07, 6.45) is 0. The summed E-state index contributed by atoms with van der Waals surface area (Å²) in [7, 11) is 0. The van der Waals surface area contributed by atoms with Crippen LogP contribution in [0.3, 0.4) is 0 Å². The van der Waals surface area contributed by atoms with Crippen LogP contribution < -0.4 is 10.2 Å². The molecule has 1 heterocycles. The fourth-order valence-corrected chi connectivity index (χ4v) is 3.46. The van der Waals surface area contributed by atoms with Crippen LogP contribution in [0, 0.1) is 0 Å². The predicted octanol–water partition coefficient (Wildman–Crippen LogP) is 4.66. The lowest BCUT2D eigenvalue weighted by atomic mass is 10.0. The highest BCUT2D eigenvalue weighted by Crippen LogP contribution is 2.34. The van der Waals surface area contributed by atoms with Gasteiger partial charge in [0.05, 0.1) is 6.04 Å². The molecular formula is C17H18Cl2N2. The smallest absolute Gasteiger partial charge is 0.0529 e. The molecule has 0 radical (unpaired) electrons. The maximum atomic E-state index is 6.38. The molecule has 4 heteroatoms. The van der Waals surface area contributed by atoms with Crippen LogP contribution >= 0.6 is 23.2 Å². The molecule has 0 aliphatic carbocycles. The fraction of sp³-hybridized carbons (Fsp3) is 0.294. The van der Waals surface area contributed by atoms with Crippen LogP contribution in [0.5, 0.6) is 0 Å². The van der Waals surface area contributed by atoms with Gasteiger partial charge in [0.1, 0.15) is 0 Å². The summed E-state index contributed by atoms with van der Waals surface area (Å²) in [5, 5.41) is 4.87. The van der Waals surface area contributed by atoms with Gasteiger partial charge < -0.3 is 10.2 Å². The molecule has 1 aliphatic rings. The Kier molecular flexibility index (Phi) is 4.39. The number of nitrogens with zero attached hydrogens (tertiary/aromatic N) is 1. The first-order chi connectivity index (χ1) is 10.2. The lowest BCUT2D eigenvalue weighted by molar-refractivity contribution is 0.639. The number of fused-ring (bicyclic) bond motifs is 1. The van der Waals surface area contributed by atoms with E-state index in [0.29, 0.717) is 5.02 Å². The highest BCUT2D eigenvalue weighted by atomic mass is 35.5. The molecule has 0 bridgehead atoms. The maximum Gasteiger partial charge on any atom is 0.0529 e. The lowest BCUT2D eigenvalue weighted by Crippen LogP contribution is -2.31. The van der Waals surface area contributed by atoms with Crippen LogP contribution in [0.15, 0.2) is 42.5 Å². The first kappa shape index (κ1) is 14.7. The third-order valence-electron chi connectivity index (χ3n) is 4.03. The average molecular weight is 321 g/mol. The van der Waals surface area contributed by atoms with Crippen molar-refractivity contribution in [1.82, 2.24) is 5.32 Å². The lowest BCUT2D eigenvalue weighted by Gasteiger charge is -2.32. The molecular weight excluding hydrogens is 303 g/mol. The average Bonchev–Trinajstić information content (AvgIpc) is 2.69. The minimum absolute atomic E-state index is 0.204. The number of benzene rings is 2. The molecule has 0 amide bonds. The van der Waals surface area contributed by atoms with Crippen molar-refractivity contribution in [2.75, 3.05) is 18.0 Å². The van der Waals surface area contributed by atoms with Gasteiger partial charge in [-0.2, -0.15) is 0 Å². The third kappa shape index (κ3) is 3.03. The normalized spacial score (nSPS) is 16.2. The molecule has 2 nitrogen and oxygen atoms in total. The maximum absolute atomic E-state index is 6.38. The van der Waals surface area contributed by atoms with Crippen LogP contribution in [-0.4, -0.2) is 13.1 Å². The van der Waals surface area contributed by atoms with Crippen molar-refractivity contribution < 1.29 is 0 Å². The van der Waals surface area contributed by atoms with Crippen molar-refractivity contribution >= 4 is 28.9 Å². The van der Waals surface area contributed by atoms with E-state index in [1.54, 1.807) is 0 Å². The Bertz CT molecular complexity index is 642. The van der Waals surface area contributed by atoms with Crippen molar-refractivity contribution in [1.29, 1.82) is 0 Å². The minimum Gasteiger partial charge on any atom is -0.363 e. The van der Waals surface area contributed by atoms with E-state index < -0.39 is 0 Å². The van der Waals surface area contributed by atoms with E-state index in [4.69, 9.17) is 23.2 Å². The molecule has 2 aromatic carbocycles. The monoisotopic (exact) mass is 320 g/mol. The quantitative estimate of drug-likeness (QED) is 0.865. The Labute approximate surface area is 135 Å². The van der Waals surface area contributed by atoms with Gasteiger partial charge in [0.25, 0.3) is 0 Å². The van der Waals surface area contributed by atoms with Gasteiger partial charge in [0, 0.05) is 35.4 Å². The number of nitrogens with one attached hydrogen (secondary N) is 1. The standard InChI is InChI=1S/C17H18Cl2N2/c1-12(15-7-6-14(18)10-16(15)19)21-9-8-20-11-13-4-2-3-5-17(13)21/h2-7,10,12,20H,8-9,11H2,1H3. The van der Waals surface area contributed by atoms with Crippen molar-refractivity contribution in [2.45, 2.75) is 19.5 Å². The largest absolute Gasteiger partial charge is 0.363 e. The molecule has 110 valence electrons. The summed E-state index contributed by atoms with van der Waals surface area (Å²) in [6.45, 7) is 5.02. The Morgan fingerprint density at radius 3 is 2.76 bits per heavy atom. The zero-order valence-corrected chi connectivity index (χ0v) is 13.5. The van der Waals surface area contributed by atoms with Gasteiger partial charge in [-0.05, 0) is 36.2 Å². The summed E-state index contributed by atoms with van der Waals surface area (Å²) in [5.41, 5.74) is 3.71. The van der Waals surface area contributed by atoms with Crippen molar-refractivity contribution in [3.05, 3.63) is 63.6 Å². The highest BCUT2D eigenvalue weighted by molar-refractivity contribution is 6.35. The van der Waals surface area contributed by atoms with Gasteiger partial charge in [0.2, 0.25) is 0 Å². The van der Waals surface area contributed by atoms with Crippen molar-refractivity contribution in [3.63, 3.8) is 0 Å². The highest BCUT2D eigenvalue weighted by Gasteiger charge is 2.22. The van der Waals surface area contributed by atoms with E-state index in [0.717, 1.165) is 30.2 Å². The fourth-order valence-electron chi connectivity index (χ4n) is 2.89. The second kappa shape index (κ2) is 6.27. The first-order valence-corrected chi connectivity index (χ1v) is 7.92. The summed E-state index contributed by atoms with van der Waals surface area (Å²) >= 11 is 12.4. The van der Waals surface area contributed by atoms with Crippen molar-refractivity contribution in [3.8, 4) is 0 Å². The number of rotatable bonds is 2. The van der Waals surface area contributed by atoms with E-state index in [2.05, 4.69) is 41.4 Å². The predicted molar refractivity (Wildman–Crippen MR) is 90.4 cm³/mol. The molecule has 0 saturated heterocycles. The molecule has 0 saturated carbocycles. The molecule has 1 atom stereocenters. The molecule has 0 fully saturated rings. The summed E-state index contributed by atoms with van der Waals surface area (Å²) in [4.78, 5) is 2.41.